The van der Waals surface area contributed by atoms with Crippen molar-refractivity contribution in [1.29, 1.82) is 0 Å². The van der Waals surface area contributed by atoms with Crippen molar-refractivity contribution in [3.63, 3.8) is 0 Å². The van der Waals surface area contributed by atoms with Gasteiger partial charge in [0.1, 0.15) is 6.10 Å². The van der Waals surface area contributed by atoms with Gasteiger partial charge in [-0.25, -0.2) is 8.78 Å². The molecular formula is C7H14F2N2O. The van der Waals surface area contributed by atoms with Crippen LogP contribution in [0.4, 0.5) is 8.78 Å². The minimum absolute atomic E-state index is 0.0466. The van der Waals surface area contributed by atoms with E-state index >= 15 is 0 Å². The summed E-state index contributed by atoms with van der Waals surface area (Å²) in [5, 5.41) is 11.5. The molecule has 1 saturated carbocycles. The molecule has 0 aromatic carbocycles. The highest BCUT2D eigenvalue weighted by molar-refractivity contribution is 4.88. The third-order valence-corrected chi connectivity index (χ3v) is 2.08. The van der Waals surface area contributed by atoms with Crippen molar-refractivity contribution in [3.05, 3.63) is 0 Å². The van der Waals surface area contributed by atoms with Gasteiger partial charge in [0.2, 0.25) is 0 Å². The lowest BCUT2D eigenvalue weighted by Gasteiger charge is -2.33. The highest BCUT2D eigenvalue weighted by Crippen LogP contribution is 2.17. The summed E-state index contributed by atoms with van der Waals surface area (Å²) < 4.78 is 23.5. The summed E-state index contributed by atoms with van der Waals surface area (Å²) in [7, 11) is 0. The molecule has 0 aromatic rings. The Kier molecular flexibility index (Phi) is 3.37. The summed E-state index contributed by atoms with van der Waals surface area (Å²) in [6, 6.07) is 0.416. The Bertz CT molecular complexity index is 139. The maximum atomic E-state index is 11.8. The SMILES string of the molecule is NC1CC(NCC(O)C(F)F)C1. The zero-order valence-electron chi connectivity index (χ0n) is 6.71. The topological polar surface area (TPSA) is 58.3 Å². The maximum Gasteiger partial charge on any atom is 0.265 e. The van der Waals surface area contributed by atoms with Crippen LogP contribution in [-0.4, -0.2) is 36.3 Å². The van der Waals surface area contributed by atoms with Crippen LogP contribution in [0, 0.1) is 0 Å². The van der Waals surface area contributed by atoms with E-state index in [0.29, 0.717) is 0 Å². The summed E-state index contributed by atoms with van der Waals surface area (Å²) in [5.41, 5.74) is 5.48. The van der Waals surface area contributed by atoms with Crippen molar-refractivity contribution < 1.29 is 13.9 Å². The van der Waals surface area contributed by atoms with E-state index in [9.17, 15) is 8.78 Å². The highest BCUT2D eigenvalue weighted by Gasteiger charge is 2.26. The molecule has 0 heterocycles. The second kappa shape index (κ2) is 4.11. The molecule has 0 spiro atoms. The molecule has 72 valence electrons. The lowest BCUT2D eigenvalue weighted by Crippen LogP contribution is -2.50. The van der Waals surface area contributed by atoms with Crippen molar-refractivity contribution >= 4 is 0 Å². The Morgan fingerprint density at radius 2 is 2.08 bits per heavy atom. The number of rotatable bonds is 4. The van der Waals surface area contributed by atoms with Crippen molar-refractivity contribution in [2.45, 2.75) is 37.5 Å². The van der Waals surface area contributed by atoms with Gasteiger partial charge in [-0.3, -0.25) is 0 Å². The fourth-order valence-electron chi connectivity index (χ4n) is 1.21. The van der Waals surface area contributed by atoms with E-state index in [0.717, 1.165) is 12.8 Å². The Morgan fingerprint density at radius 3 is 2.50 bits per heavy atom. The number of halogens is 2. The largest absolute Gasteiger partial charge is 0.386 e. The van der Waals surface area contributed by atoms with Crippen LogP contribution in [0.2, 0.25) is 0 Å². The van der Waals surface area contributed by atoms with Gasteiger partial charge in [0, 0.05) is 18.6 Å². The molecule has 1 unspecified atom stereocenters. The van der Waals surface area contributed by atoms with Gasteiger partial charge in [-0.2, -0.15) is 0 Å². The molecule has 0 aliphatic heterocycles. The van der Waals surface area contributed by atoms with Crippen LogP contribution in [0.1, 0.15) is 12.8 Å². The number of aliphatic hydroxyl groups is 1. The average molecular weight is 180 g/mol. The summed E-state index contributed by atoms with van der Waals surface area (Å²) >= 11 is 0. The van der Waals surface area contributed by atoms with E-state index in [1.54, 1.807) is 0 Å². The summed E-state index contributed by atoms with van der Waals surface area (Å²) in [6.45, 7) is -0.0466. The Hall–Kier alpha value is -0.260. The molecule has 0 bridgehead atoms. The smallest absolute Gasteiger partial charge is 0.265 e. The van der Waals surface area contributed by atoms with Crippen LogP contribution in [0.5, 0.6) is 0 Å². The molecular weight excluding hydrogens is 166 g/mol. The number of alkyl halides is 2. The van der Waals surface area contributed by atoms with Crippen molar-refractivity contribution in [2.24, 2.45) is 5.73 Å². The molecule has 5 heteroatoms. The lowest BCUT2D eigenvalue weighted by atomic mass is 9.87. The van der Waals surface area contributed by atoms with Gasteiger partial charge in [-0.1, -0.05) is 0 Å². The molecule has 0 radical (unpaired) electrons. The molecule has 1 aliphatic rings. The number of aliphatic hydroxyl groups excluding tert-OH is 1. The van der Waals surface area contributed by atoms with E-state index in [1.165, 1.54) is 0 Å². The Morgan fingerprint density at radius 1 is 1.50 bits per heavy atom. The van der Waals surface area contributed by atoms with Crippen LogP contribution < -0.4 is 11.1 Å². The van der Waals surface area contributed by atoms with Crippen LogP contribution in [-0.2, 0) is 0 Å². The first-order valence-corrected chi connectivity index (χ1v) is 4.04. The van der Waals surface area contributed by atoms with Gasteiger partial charge in [-0.05, 0) is 12.8 Å². The fraction of sp³-hybridized carbons (Fsp3) is 1.00. The Balaban J connectivity index is 2.02. The zero-order valence-corrected chi connectivity index (χ0v) is 6.71. The third-order valence-electron chi connectivity index (χ3n) is 2.08. The van der Waals surface area contributed by atoms with Crippen LogP contribution in [0.3, 0.4) is 0 Å². The number of nitrogens with two attached hydrogens (primary N) is 1. The molecule has 1 rings (SSSR count). The first-order valence-electron chi connectivity index (χ1n) is 4.04. The number of nitrogens with one attached hydrogen (secondary N) is 1. The molecule has 0 saturated heterocycles. The predicted molar refractivity (Wildman–Crippen MR) is 41.0 cm³/mol. The molecule has 3 nitrogen and oxygen atoms in total. The van der Waals surface area contributed by atoms with E-state index in [2.05, 4.69) is 5.32 Å². The first kappa shape index (κ1) is 9.83. The van der Waals surface area contributed by atoms with Gasteiger partial charge in [-0.15, -0.1) is 0 Å². The zero-order chi connectivity index (χ0) is 9.14. The van der Waals surface area contributed by atoms with Crippen molar-refractivity contribution in [3.8, 4) is 0 Å². The maximum absolute atomic E-state index is 11.8. The molecule has 1 aliphatic carbocycles. The quantitative estimate of drug-likeness (QED) is 0.556. The van der Waals surface area contributed by atoms with Crippen LogP contribution in [0.15, 0.2) is 0 Å². The predicted octanol–water partition coefficient (Wildman–Crippen LogP) is -0.308. The lowest BCUT2D eigenvalue weighted by molar-refractivity contribution is -0.00626. The monoisotopic (exact) mass is 180 g/mol. The van der Waals surface area contributed by atoms with Gasteiger partial charge >= 0.3 is 0 Å². The van der Waals surface area contributed by atoms with Gasteiger partial charge in [0.25, 0.3) is 6.43 Å². The van der Waals surface area contributed by atoms with E-state index in [4.69, 9.17) is 10.8 Å². The molecule has 0 amide bonds. The van der Waals surface area contributed by atoms with Crippen molar-refractivity contribution in [2.75, 3.05) is 6.54 Å². The summed E-state index contributed by atoms with van der Waals surface area (Å²) in [5.74, 6) is 0. The van der Waals surface area contributed by atoms with Crippen LogP contribution >= 0.6 is 0 Å². The fourth-order valence-corrected chi connectivity index (χ4v) is 1.21. The van der Waals surface area contributed by atoms with Gasteiger partial charge in [0.15, 0.2) is 0 Å². The average Bonchev–Trinajstić information content (AvgIpc) is 1.95. The summed E-state index contributed by atoms with van der Waals surface area (Å²) in [4.78, 5) is 0. The number of hydrogen-bond acceptors (Lipinski definition) is 3. The van der Waals surface area contributed by atoms with E-state index in [-0.39, 0.29) is 18.6 Å². The second-order valence-corrected chi connectivity index (χ2v) is 3.24. The first-order chi connectivity index (χ1) is 5.59. The molecule has 1 fully saturated rings. The van der Waals surface area contributed by atoms with Gasteiger partial charge < -0.3 is 16.2 Å². The number of hydrogen-bond donors (Lipinski definition) is 3. The molecule has 0 aromatic heterocycles. The minimum atomic E-state index is -2.66. The van der Waals surface area contributed by atoms with E-state index in [1.807, 2.05) is 0 Å². The minimum Gasteiger partial charge on any atom is -0.386 e. The normalized spacial score (nSPS) is 31.8. The van der Waals surface area contributed by atoms with Crippen molar-refractivity contribution in [1.82, 2.24) is 5.32 Å². The second-order valence-electron chi connectivity index (χ2n) is 3.24. The Labute approximate surface area is 69.9 Å². The standard InChI is InChI=1S/C7H14F2N2O/c8-7(9)6(12)3-11-5-1-4(10)2-5/h4-7,11-12H,1-3,10H2. The molecule has 1 atom stereocenters. The third kappa shape index (κ3) is 2.66. The highest BCUT2D eigenvalue weighted by atomic mass is 19.3. The molecule has 12 heavy (non-hydrogen) atoms. The molecule has 4 N–H and O–H groups in total. The van der Waals surface area contributed by atoms with E-state index < -0.39 is 12.5 Å². The van der Waals surface area contributed by atoms with Gasteiger partial charge in [0.05, 0.1) is 0 Å². The summed E-state index contributed by atoms with van der Waals surface area (Å²) in [6.07, 6.45) is -2.58. The van der Waals surface area contributed by atoms with Crippen LogP contribution in [0.25, 0.3) is 0 Å².